The van der Waals surface area contributed by atoms with E-state index in [4.69, 9.17) is 37.0 Å². The van der Waals surface area contributed by atoms with E-state index in [-0.39, 0.29) is 25.7 Å². The Morgan fingerprint density at radius 3 is 0.947 bits per heavy atom. The van der Waals surface area contributed by atoms with Gasteiger partial charge in [-0.05, 0) is 69.1 Å². The topological polar surface area (TPSA) is 237 Å². The van der Waals surface area contributed by atoms with Crippen LogP contribution >= 0.6 is 15.6 Å². The molecule has 0 aliphatic rings. The van der Waals surface area contributed by atoms with Gasteiger partial charge in [-0.25, -0.2) is 9.13 Å². The van der Waals surface area contributed by atoms with Crippen LogP contribution in [0.15, 0.2) is 24.3 Å². The number of ether oxygens (including phenoxy) is 4. The molecular formula is C75H142O17P2. The molecule has 0 aliphatic heterocycles. The van der Waals surface area contributed by atoms with Crippen molar-refractivity contribution < 1.29 is 80.2 Å². The minimum Gasteiger partial charge on any atom is -0.462 e. The van der Waals surface area contributed by atoms with E-state index in [1.165, 1.54) is 154 Å². The zero-order valence-electron chi connectivity index (χ0n) is 60.9. The van der Waals surface area contributed by atoms with Crippen LogP contribution < -0.4 is 0 Å². The van der Waals surface area contributed by atoms with Gasteiger partial charge in [0, 0.05) is 25.7 Å². The van der Waals surface area contributed by atoms with Gasteiger partial charge in [0.15, 0.2) is 12.2 Å². The van der Waals surface area contributed by atoms with Gasteiger partial charge in [0.1, 0.15) is 19.3 Å². The molecule has 4 unspecified atom stereocenters. The molecule has 0 saturated carbocycles. The van der Waals surface area contributed by atoms with Gasteiger partial charge in [-0.1, -0.05) is 304 Å². The number of rotatable bonds is 71. The predicted octanol–water partition coefficient (Wildman–Crippen LogP) is 21.3. The first-order valence-electron chi connectivity index (χ1n) is 38.2. The first kappa shape index (κ1) is 91.5. The molecule has 0 aromatic rings. The van der Waals surface area contributed by atoms with Crippen molar-refractivity contribution in [2.45, 2.75) is 375 Å². The molecule has 19 heteroatoms. The van der Waals surface area contributed by atoms with Crippen LogP contribution in [0.4, 0.5) is 0 Å². The highest BCUT2D eigenvalue weighted by Gasteiger charge is 2.30. The minimum atomic E-state index is -4.96. The van der Waals surface area contributed by atoms with Crippen LogP contribution in [0.25, 0.3) is 0 Å². The lowest BCUT2D eigenvalue weighted by Crippen LogP contribution is -2.30. The van der Waals surface area contributed by atoms with Crippen LogP contribution in [0.2, 0.25) is 0 Å². The number of aliphatic hydroxyl groups is 1. The Kier molecular flexibility index (Phi) is 63.5. The van der Waals surface area contributed by atoms with E-state index in [9.17, 15) is 43.2 Å². The summed E-state index contributed by atoms with van der Waals surface area (Å²) >= 11 is 0. The molecule has 0 aromatic heterocycles. The summed E-state index contributed by atoms with van der Waals surface area (Å²) in [6.45, 7) is 11.8. The Bertz CT molecular complexity index is 1930. The van der Waals surface area contributed by atoms with Gasteiger partial charge in [-0.3, -0.25) is 37.3 Å². The van der Waals surface area contributed by atoms with Crippen molar-refractivity contribution in [1.82, 2.24) is 0 Å². The van der Waals surface area contributed by atoms with E-state index in [1.807, 2.05) is 0 Å². The highest BCUT2D eigenvalue weighted by molar-refractivity contribution is 7.47. The second kappa shape index (κ2) is 65.2. The van der Waals surface area contributed by atoms with Crippen molar-refractivity contribution in [3.63, 3.8) is 0 Å². The Morgan fingerprint density at radius 2 is 0.628 bits per heavy atom. The molecule has 6 atom stereocenters. The summed E-state index contributed by atoms with van der Waals surface area (Å²) < 4.78 is 68.5. The van der Waals surface area contributed by atoms with E-state index >= 15 is 0 Å². The normalized spacial score (nSPS) is 14.6. The Labute approximate surface area is 573 Å². The molecule has 3 N–H and O–H groups in total. The number of phosphoric ester groups is 2. The van der Waals surface area contributed by atoms with Crippen LogP contribution in [0.5, 0.6) is 0 Å². The van der Waals surface area contributed by atoms with Gasteiger partial charge in [0.05, 0.1) is 26.4 Å². The summed E-state index contributed by atoms with van der Waals surface area (Å²) in [7, 11) is -9.92. The van der Waals surface area contributed by atoms with Crippen molar-refractivity contribution in [2.24, 2.45) is 17.8 Å². The molecule has 17 nitrogen and oxygen atoms in total. The molecule has 94 heavy (non-hydrogen) atoms. The molecule has 0 radical (unpaired) electrons. The largest absolute Gasteiger partial charge is 0.472 e. The van der Waals surface area contributed by atoms with Crippen molar-refractivity contribution in [3.8, 4) is 0 Å². The molecule has 0 rings (SSSR count). The van der Waals surface area contributed by atoms with Gasteiger partial charge in [0.2, 0.25) is 0 Å². The van der Waals surface area contributed by atoms with Crippen LogP contribution in [0.1, 0.15) is 357 Å². The maximum atomic E-state index is 13.1. The zero-order valence-corrected chi connectivity index (χ0v) is 62.7. The Hall–Kier alpha value is -2.46. The fourth-order valence-corrected chi connectivity index (χ4v) is 12.4. The smallest absolute Gasteiger partial charge is 0.462 e. The summed E-state index contributed by atoms with van der Waals surface area (Å²) in [5.41, 5.74) is 0. The Morgan fingerprint density at radius 1 is 0.351 bits per heavy atom. The van der Waals surface area contributed by atoms with E-state index < -0.39 is 97.5 Å². The lowest BCUT2D eigenvalue weighted by atomic mass is 9.99. The van der Waals surface area contributed by atoms with Gasteiger partial charge in [-0.15, -0.1) is 0 Å². The molecular weight excluding hydrogens is 1230 g/mol. The molecule has 0 aromatic carbocycles. The number of carbonyl (C=O) groups excluding carboxylic acids is 4. The standard InChI is InChI=1S/C75H142O17P2/c1-8-10-11-12-13-14-15-16-17-18-21-28-37-44-51-58-74(79)91-70(62-85-72(77)56-49-42-35-27-22-19-20-25-32-39-46-53-66(3)4)64-89-93(81,82)87-60-69(76)61-88-94(83,84)90-65-71(63-86-73(78)57-50-43-36-31-30-33-40-47-54-67(5)6)92-75(80)59-52-45-38-29-24-23-26-34-41-48-55-68(7)9-2/h14-17,66-71,76H,8-13,18-65H2,1-7H3,(H,81,82)(H,83,84)/b15-14-,17-16-/t68?,69?,70-,71-/m1/s1. The molecule has 0 saturated heterocycles. The van der Waals surface area contributed by atoms with E-state index in [1.54, 1.807) is 0 Å². The maximum absolute atomic E-state index is 13.1. The summed E-state index contributed by atoms with van der Waals surface area (Å²) in [4.78, 5) is 72.8. The first-order chi connectivity index (χ1) is 45.3. The van der Waals surface area contributed by atoms with Gasteiger partial charge in [0.25, 0.3) is 0 Å². The van der Waals surface area contributed by atoms with Crippen LogP contribution in [-0.4, -0.2) is 96.7 Å². The van der Waals surface area contributed by atoms with Crippen molar-refractivity contribution >= 4 is 39.5 Å². The number of esters is 4. The molecule has 0 bridgehead atoms. The van der Waals surface area contributed by atoms with Crippen molar-refractivity contribution in [3.05, 3.63) is 24.3 Å². The average Bonchev–Trinajstić information content (AvgIpc) is 1.50. The van der Waals surface area contributed by atoms with Crippen LogP contribution in [0.3, 0.4) is 0 Å². The summed E-state index contributed by atoms with van der Waals surface area (Å²) in [5, 5.41) is 10.6. The first-order valence-corrected chi connectivity index (χ1v) is 41.2. The fourth-order valence-electron chi connectivity index (χ4n) is 10.9. The number of hydrogen-bond donors (Lipinski definition) is 3. The average molecular weight is 1380 g/mol. The van der Waals surface area contributed by atoms with Crippen molar-refractivity contribution in [1.29, 1.82) is 0 Å². The molecule has 0 fully saturated rings. The van der Waals surface area contributed by atoms with Crippen LogP contribution in [0, 0.1) is 17.8 Å². The lowest BCUT2D eigenvalue weighted by Gasteiger charge is -2.21. The summed E-state index contributed by atoms with van der Waals surface area (Å²) in [6, 6.07) is 0. The molecule has 554 valence electrons. The highest BCUT2D eigenvalue weighted by Crippen LogP contribution is 2.45. The number of carbonyl (C=O) groups is 4. The maximum Gasteiger partial charge on any atom is 0.472 e. The molecule has 0 amide bonds. The van der Waals surface area contributed by atoms with Crippen molar-refractivity contribution in [2.75, 3.05) is 39.6 Å². The monoisotopic (exact) mass is 1380 g/mol. The van der Waals surface area contributed by atoms with Crippen LogP contribution in [-0.2, 0) is 65.4 Å². The third-order valence-electron chi connectivity index (χ3n) is 17.1. The quantitative estimate of drug-likeness (QED) is 0.0169. The summed E-state index contributed by atoms with van der Waals surface area (Å²) in [6.07, 6.45) is 53.4. The lowest BCUT2D eigenvalue weighted by molar-refractivity contribution is -0.161. The number of hydrogen-bond acceptors (Lipinski definition) is 15. The number of allylic oxidation sites excluding steroid dienone is 4. The number of unbranched alkanes of at least 4 members (excludes halogenated alkanes) is 35. The van der Waals surface area contributed by atoms with E-state index in [2.05, 4.69) is 72.8 Å². The molecule has 0 aliphatic carbocycles. The second-order valence-corrected chi connectivity index (χ2v) is 30.5. The SMILES string of the molecule is CCCCCC/C=C\C=C/CCCCCCCC(=O)O[C@H](COC(=O)CCCCCCCCCCCCCC(C)C)COP(=O)(O)OCC(O)COP(=O)(O)OC[C@@H](COC(=O)CCCCCCCCCCC(C)C)OC(=O)CCCCCCCCCCCCC(C)CC. The Balaban J connectivity index is 5.31. The van der Waals surface area contributed by atoms with E-state index in [0.717, 1.165) is 120 Å². The van der Waals surface area contributed by atoms with Gasteiger partial charge >= 0.3 is 39.5 Å². The summed E-state index contributed by atoms with van der Waals surface area (Å²) in [5.74, 6) is 0.145. The highest BCUT2D eigenvalue weighted by atomic mass is 31.2. The molecule has 0 heterocycles. The zero-order chi connectivity index (χ0) is 69.4. The van der Waals surface area contributed by atoms with Gasteiger partial charge < -0.3 is 33.8 Å². The predicted molar refractivity (Wildman–Crippen MR) is 381 cm³/mol. The van der Waals surface area contributed by atoms with E-state index in [0.29, 0.717) is 25.7 Å². The number of phosphoric acid groups is 2. The molecule has 0 spiro atoms. The third-order valence-corrected chi connectivity index (χ3v) is 19.0. The third kappa shape index (κ3) is 66.8. The fraction of sp³-hybridized carbons (Fsp3) is 0.893. The van der Waals surface area contributed by atoms with Gasteiger partial charge in [-0.2, -0.15) is 0 Å². The second-order valence-electron chi connectivity index (χ2n) is 27.5. The number of aliphatic hydroxyl groups excluding tert-OH is 1. The minimum absolute atomic E-state index is 0.0845.